The first-order valence-corrected chi connectivity index (χ1v) is 9.62. The minimum atomic E-state index is -0.525. The Morgan fingerprint density at radius 2 is 1.77 bits per heavy atom. The van der Waals surface area contributed by atoms with Crippen LogP contribution in [0.3, 0.4) is 0 Å². The number of hydrogen-bond donors (Lipinski definition) is 1. The molecule has 1 aliphatic rings. The minimum absolute atomic E-state index is 0.375. The van der Waals surface area contributed by atoms with E-state index >= 15 is 0 Å². The summed E-state index contributed by atoms with van der Waals surface area (Å²) in [5.41, 5.74) is 3.95. The van der Waals surface area contributed by atoms with Crippen molar-refractivity contribution in [3.63, 3.8) is 0 Å². The van der Waals surface area contributed by atoms with Crippen molar-refractivity contribution >= 4 is 34.4 Å². The van der Waals surface area contributed by atoms with E-state index in [0.29, 0.717) is 16.8 Å². The fourth-order valence-corrected chi connectivity index (χ4v) is 3.65. The number of nitrogens with one attached hydrogen (secondary N) is 1. The Hall–Kier alpha value is -3.74. The second-order valence-corrected chi connectivity index (χ2v) is 6.98. The molecule has 3 aromatic rings. The van der Waals surface area contributed by atoms with Gasteiger partial charge in [0.15, 0.2) is 6.61 Å². The van der Waals surface area contributed by atoms with Crippen molar-refractivity contribution in [3.8, 4) is 0 Å². The topological polar surface area (TPSA) is 94.6 Å². The zero-order valence-corrected chi connectivity index (χ0v) is 16.4. The largest absolute Gasteiger partial charge is 0.465 e. The molecule has 7 heteroatoms. The van der Waals surface area contributed by atoms with E-state index < -0.39 is 24.5 Å². The molecule has 0 atom stereocenters. The van der Waals surface area contributed by atoms with Gasteiger partial charge in [-0.15, -0.1) is 0 Å². The molecule has 0 spiro atoms. The number of ether oxygens (including phenoxy) is 2. The highest BCUT2D eigenvalue weighted by Gasteiger charge is 2.25. The highest BCUT2D eigenvalue weighted by molar-refractivity contribution is 6.06. The lowest BCUT2D eigenvalue weighted by atomic mass is 10.0. The van der Waals surface area contributed by atoms with E-state index in [9.17, 15) is 14.4 Å². The molecular formula is C23H20N2O5. The summed E-state index contributed by atoms with van der Waals surface area (Å²) in [6, 6.07) is 13.7. The van der Waals surface area contributed by atoms with Gasteiger partial charge in [0, 0.05) is 16.8 Å². The third-order valence-corrected chi connectivity index (χ3v) is 5.05. The summed E-state index contributed by atoms with van der Waals surface area (Å²) < 4.78 is 9.96. The number of carbonyl (C=O) groups is 3. The van der Waals surface area contributed by atoms with Crippen molar-refractivity contribution in [1.29, 1.82) is 0 Å². The lowest BCUT2D eigenvalue weighted by Gasteiger charge is -2.12. The number of fused-ring (bicyclic) bond motifs is 2. The number of benzene rings is 2. The molecule has 152 valence electrons. The number of anilines is 1. The van der Waals surface area contributed by atoms with E-state index in [2.05, 4.69) is 15.0 Å². The van der Waals surface area contributed by atoms with E-state index in [-0.39, 0.29) is 0 Å². The zero-order valence-electron chi connectivity index (χ0n) is 16.4. The van der Waals surface area contributed by atoms with E-state index in [0.717, 1.165) is 41.4 Å². The average Bonchev–Trinajstić information content (AvgIpc) is 3.23. The van der Waals surface area contributed by atoms with Gasteiger partial charge in [-0.25, -0.2) is 9.59 Å². The molecule has 0 bridgehead atoms. The molecule has 1 aliphatic carbocycles. The van der Waals surface area contributed by atoms with Crippen LogP contribution in [0.25, 0.3) is 10.9 Å². The van der Waals surface area contributed by atoms with Gasteiger partial charge >= 0.3 is 11.9 Å². The normalized spacial score (nSPS) is 12.3. The molecule has 1 N–H and O–H groups in total. The molecule has 0 saturated heterocycles. The van der Waals surface area contributed by atoms with E-state index in [1.54, 1.807) is 24.3 Å². The first kappa shape index (κ1) is 19.6. The van der Waals surface area contributed by atoms with Crippen LogP contribution < -0.4 is 5.32 Å². The highest BCUT2D eigenvalue weighted by Crippen LogP contribution is 2.30. The lowest BCUT2D eigenvalue weighted by Crippen LogP contribution is -2.21. The summed E-state index contributed by atoms with van der Waals surface area (Å²) in [4.78, 5) is 41.2. The van der Waals surface area contributed by atoms with E-state index in [1.165, 1.54) is 7.11 Å². The smallest absolute Gasteiger partial charge is 0.339 e. The van der Waals surface area contributed by atoms with Crippen molar-refractivity contribution in [3.05, 3.63) is 70.9 Å². The van der Waals surface area contributed by atoms with Crippen molar-refractivity contribution < 1.29 is 23.9 Å². The van der Waals surface area contributed by atoms with Gasteiger partial charge in [0.05, 0.1) is 23.8 Å². The van der Waals surface area contributed by atoms with Crippen LogP contribution in [-0.4, -0.2) is 36.5 Å². The number of esters is 2. The monoisotopic (exact) mass is 404 g/mol. The summed E-state index contributed by atoms with van der Waals surface area (Å²) in [5, 5.41) is 3.38. The molecule has 2 aromatic carbocycles. The SMILES string of the molecule is COC(=O)c1ccc(NC(=O)COC(=O)c2c3c(nc4ccccc24)CCC3)cc1. The van der Waals surface area contributed by atoms with Crippen LogP contribution in [0.2, 0.25) is 0 Å². The maximum Gasteiger partial charge on any atom is 0.339 e. The van der Waals surface area contributed by atoms with Gasteiger partial charge in [-0.2, -0.15) is 0 Å². The summed E-state index contributed by atoms with van der Waals surface area (Å²) >= 11 is 0. The van der Waals surface area contributed by atoms with Crippen LogP contribution >= 0.6 is 0 Å². The molecule has 0 saturated carbocycles. The molecule has 1 amide bonds. The van der Waals surface area contributed by atoms with Gasteiger partial charge < -0.3 is 14.8 Å². The van der Waals surface area contributed by atoms with Gasteiger partial charge in [0.25, 0.3) is 5.91 Å². The number of nitrogens with zero attached hydrogens (tertiary/aromatic N) is 1. The molecule has 30 heavy (non-hydrogen) atoms. The Morgan fingerprint density at radius 3 is 2.53 bits per heavy atom. The van der Waals surface area contributed by atoms with Crippen molar-refractivity contribution in [1.82, 2.24) is 4.98 Å². The predicted molar refractivity (Wildman–Crippen MR) is 110 cm³/mol. The second kappa shape index (κ2) is 8.32. The highest BCUT2D eigenvalue weighted by atomic mass is 16.5. The number of amides is 1. The second-order valence-electron chi connectivity index (χ2n) is 6.98. The molecule has 1 aromatic heterocycles. The van der Waals surface area contributed by atoms with Gasteiger partial charge in [0.1, 0.15) is 0 Å². The first-order valence-electron chi connectivity index (χ1n) is 9.62. The van der Waals surface area contributed by atoms with Gasteiger partial charge in [-0.3, -0.25) is 9.78 Å². The molecule has 4 rings (SSSR count). The van der Waals surface area contributed by atoms with Crippen molar-refractivity contribution in [2.45, 2.75) is 19.3 Å². The quantitative estimate of drug-likeness (QED) is 0.656. The number of para-hydroxylation sites is 1. The van der Waals surface area contributed by atoms with Crippen molar-refractivity contribution in [2.24, 2.45) is 0 Å². The van der Waals surface area contributed by atoms with Crippen LogP contribution in [0.15, 0.2) is 48.5 Å². The third kappa shape index (κ3) is 3.87. The lowest BCUT2D eigenvalue weighted by molar-refractivity contribution is -0.119. The Kier molecular flexibility index (Phi) is 5.43. The Bertz CT molecular complexity index is 1140. The molecular weight excluding hydrogens is 384 g/mol. The zero-order chi connectivity index (χ0) is 21.1. The standard InChI is InChI=1S/C23H20N2O5/c1-29-22(27)14-9-11-15(12-10-14)24-20(26)13-30-23(28)21-16-5-2-3-7-18(16)25-19-8-4-6-17(19)21/h2-3,5,7,9-12H,4,6,8,13H2,1H3,(H,24,26). The van der Waals surface area contributed by atoms with Crippen LogP contribution in [0, 0.1) is 0 Å². The number of aryl methyl sites for hydroxylation is 1. The Morgan fingerprint density at radius 1 is 1.00 bits per heavy atom. The number of aromatic nitrogens is 1. The van der Waals surface area contributed by atoms with Gasteiger partial charge in [-0.1, -0.05) is 18.2 Å². The maximum atomic E-state index is 12.8. The fourth-order valence-electron chi connectivity index (χ4n) is 3.65. The van der Waals surface area contributed by atoms with E-state index in [4.69, 9.17) is 4.74 Å². The van der Waals surface area contributed by atoms with Crippen molar-refractivity contribution in [2.75, 3.05) is 19.0 Å². The Labute approximate surface area is 173 Å². The van der Waals surface area contributed by atoms with Gasteiger partial charge in [0.2, 0.25) is 0 Å². The van der Waals surface area contributed by atoms with Gasteiger partial charge in [-0.05, 0) is 55.2 Å². The van der Waals surface area contributed by atoms with E-state index in [1.807, 2.05) is 24.3 Å². The minimum Gasteiger partial charge on any atom is -0.465 e. The summed E-state index contributed by atoms with van der Waals surface area (Å²) in [6.07, 6.45) is 2.56. The summed E-state index contributed by atoms with van der Waals surface area (Å²) in [7, 11) is 1.30. The van der Waals surface area contributed by atoms with Crippen LogP contribution in [-0.2, 0) is 27.1 Å². The number of rotatable bonds is 5. The number of methoxy groups -OCH3 is 1. The number of pyridine rings is 1. The Balaban J connectivity index is 1.45. The maximum absolute atomic E-state index is 12.8. The average molecular weight is 404 g/mol. The molecule has 0 fully saturated rings. The molecule has 0 unspecified atom stereocenters. The summed E-state index contributed by atoms with van der Waals surface area (Å²) in [5.74, 6) is -1.45. The fraction of sp³-hybridized carbons (Fsp3) is 0.217. The molecule has 1 heterocycles. The number of hydrogen-bond acceptors (Lipinski definition) is 6. The van der Waals surface area contributed by atoms with Crippen LogP contribution in [0.1, 0.15) is 38.4 Å². The first-order chi connectivity index (χ1) is 14.6. The predicted octanol–water partition coefficient (Wildman–Crippen LogP) is 3.31. The molecule has 0 radical (unpaired) electrons. The van der Waals surface area contributed by atoms with Crippen LogP contribution in [0.5, 0.6) is 0 Å². The summed E-state index contributed by atoms with van der Waals surface area (Å²) in [6.45, 7) is -0.414. The number of carbonyl (C=O) groups excluding carboxylic acids is 3. The van der Waals surface area contributed by atoms with Crippen LogP contribution in [0.4, 0.5) is 5.69 Å². The molecule has 7 nitrogen and oxygen atoms in total. The third-order valence-electron chi connectivity index (χ3n) is 5.05. The molecule has 0 aliphatic heterocycles.